The Morgan fingerprint density at radius 1 is 1.05 bits per heavy atom. The predicted molar refractivity (Wildman–Crippen MR) is 87.2 cm³/mol. The molecule has 0 heterocycles. The third-order valence-corrected chi connectivity index (χ3v) is 2.90. The SMILES string of the molecule is CCCOc1ccccc1OCC(=O)Nc1ccccc1N. The third-order valence-electron chi connectivity index (χ3n) is 2.90. The lowest BCUT2D eigenvalue weighted by molar-refractivity contribution is -0.118. The van der Waals surface area contributed by atoms with Crippen LogP contribution in [0.15, 0.2) is 48.5 Å². The molecule has 0 unspecified atom stereocenters. The molecule has 0 spiro atoms. The first-order valence-electron chi connectivity index (χ1n) is 7.19. The van der Waals surface area contributed by atoms with Gasteiger partial charge in [0.25, 0.3) is 5.91 Å². The molecule has 5 heteroatoms. The van der Waals surface area contributed by atoms with E-state index in [1.807, 2.05) is 31.2 Å². The van der Waals surface area contributed by atoms with Gasteiger partial charge in [-0.25, -0.2) is 0 Å². The Kier molecular flexibility index (Phi) is 5.65. The predicted octanol–water partition coefficient (Wildman–Crippen LogP) is 3.08. The van der Waals surface area contributed by atoms with E-state index in [1.165, 1.54) is 0 Å². The molecule has 116 valence electrons. The number of carbonyl (C=O) groups excluding carboxylic acids is 1. The van der Waals surface area contributed by atoms with Gasteiger partial charge in [-0.2, -0.15) is 0 Å². The Bertz CT molecular complexity index is 629. The molecule has 0 aromatic heterocycles. The van der Waals surface area contributed by atoms with Gasteiger partial charge in [0.05, 0.1) is 18.0 Å². The van der Waals surface area contributed by atoms with Crippen LogP contribution in [-0.2, 0) is 4.79 Å². The van der Waals surface area contributed by atoms with Crippen molar-refractivity contribution in [3.05, 3.63) is 48.5 Å². The van der Waals surface area contributed by atoms with E-state index < -0.39 is 0 Å². The molecule has 0 saturated carbocycles. The molecule has 2 rings (SSSR count). The van der Waals surface area contributed by atoms with E-state index >= 15 is 0 Å². The molecule has 0 aliphatic rings. The van der Waals surface area contributed by atoms with Crippen molar-refractivity contribution in [3.8, 4) is 11.5 Å². The number of hydrogen-bond acceptors (Lipinski definition) is 4. The summed E-state index contributed by atoms with van der Waals surface area (Å²) in [6.45, 7) is 2.52. The van der Waals surface area contributed by atoms with Gasteiger partial charge < -0.3 is 20.5 Å². The Morgan fingerprint density at radius 2 is 1.68 bits per heavy atom. The molecular weight excluding hydrogens is 280 g/mol. The van der Waals surface area contributed by atoms with Crippen LogP contribution in [0.25, 0.3) is 0 Å². The monoisotopic (exact) mass is 300 g/mol. The molecule has 1 amide bonds. The van der Waals surface area contributed by atoms with Crippen LogP contribution >= 0.6 is 0 Å². The maximum Gasteiger partial charge on any atom is 0.262 e. The van der Waals surface area contributed by atoms with E-state index in [0.717, 1.165) is 6.42 Å². The lowest BCUT2D eigenvalue weighted by Gasteiger charge is -2.12. The molecule has 0 aliphatic heterocycles. The molecule has 0 radical (unpaired) electrons. The Balaban J connectivity index is 1.92. The zero-order valence-corrected chi connectivity index (χ0v) is 12.5. The largest absolute Gasteiger partial charge is 0.490 e. The first-order chi connectivity index (χ1) is 10.7. The van der Waals surface area contributed by atoms with Crippen LogP contribution in [0.4, 0.5) is 11.4 Å². The first-order valence-corrected chi connectivity index (χ1v) is 7.19. The second-order valence-corrected chi connectivity index (χ2v) is 4.72. The van der Waals surface area contributed by atoms with Crippen LogP contribution < -0.4 is 20.5 Å². The number of ether oxygens (including phenoxy) is 2. The van der Waals surface area contributed by atoms with Crippen LogP contribution in [0, 0.1) is 0 Å². The van der Waals surface area contributed by atoms with Crippen molar-refractivity contribution in [2.45, 2.75) is 13.3 Å². The van der Waals surface area contributed by atoms with Crippen molar-refractivity contribution in [2.75, 3.05) is 24.3 Å². The van der Waals surface area contributed by atoms with Crippen molar-refractivity contribution in [1.82, 2.24) is 0 Å². The normalized spacial score (nSPS) is 10.0. The Hall–Kier alpha value is -2.69. The molecular formula is C17H20N2O3. The minimum Gasteiger partial charge on any atom is -0.490 e. The number of hydrogen-bond donors (Lipinski definition) is 2. The second kappa shape index (κ2) is 7.93. The van der Waals surface area contributed by atoms with Gasteiger partial charge in [-0.05, 0) is 30.7 Å². The molecule has 22 heavy (non-hydrogen) atoms. The average molecular weight is 300 g/mol. The zero-order chi connectivity index (χ0) is 15.8. The van der Waals surface area contributed by atoms with Crippen LogP contribution in [0.1, 0.15) is 13.3 Å². The number of nitrogen functional groups attached to an aromatic ring is 1. The number of rotatable bonds is 7. The van der Waals surface area contributed by atoms with Crippen LogP contribution in [-0.4, -0.2) is 19.1 Å². The zero-order valence-electron chi connectivity index (χ0n) is 12.5. The van der Waals surface area contributed by atoms with Crippen LogP contribution in [0.5, 0.6) is 11.5 Å². The van der Waals surface area contributed by atoms with Crippen molar-refractivity contribution in [3.63, 3.8) is 0 Å². The number of carbonyl (C=O) groups is 1. The number of amides is 1. The van der Waals surface area contributed by atoms with Gasteiger partial charge in [0.2, 0.25) is 0 Å². The highest BCUT2D eigenvalue weighted by Gasteiger charge is 2.08. The van der Waals surface area contributed by atoms with E-state index in [2.05, 4.69) is 5.32 Å². The van der Waals surface area contributed by atoms with Crippen molar-refractivity contribution >= 4 is 17.3 Å². The average Bonchev–Trinajstić information content (AvgIpc) is 2.54. The maximum absolute atomic E-state index is 11.9. The summed E-state index contributed by atoms with van der Waals surface area (Å²) >= 11 is 0. The van der Waals surface area contributed by atoms with E-state index in [-0.39, 0.29) is 12.5 Å². The van der Waals surface area contributed by atoms with Gasteiger partial charge in [0, 0.05) is 0 Å². The molecule has 3 N–H and O–H groups in total. The van der Waals surface area contributed by atoms with Gasteiger partial charge in [0.1, 0.15) is 0 Å². The summed E-state index contributed by atoms with van der Waals surface area (Å²) in [7, 11) is 0. The molecule has 5 nitrogen and oxygen atoms in total. The smallest absolute Gasteiger partial charge is 0.262 e. The molecule has 0 bridgehead atoms. The highest BCUT2D eigenvalue weighted by molar-refractivity contribution is 5.94. The lowest BCUT2D eigenvalue weighted by Crippen LogP contribution is -2.21. The number of benzene rings is 2. The van der Waals surface area contributed by atoms with Gasteiger partial charge in [0.15, 0.2) is 18.1 Å². The van der Waals surface area contributed by atoms with E-state index in [4.69, 9.17) is 15.2 Å². The fraction of sp³-hybridized carbons (Fsp3) is 0.235. The maximum atomic E-state index is 11.9. The van der Waals surface area contributed by atoms with E-state index in [1.54, 1.807) is 24.3 Å². The number of para-hydroxylation sites is 4. The summed E-state index contributed by atoms with van der Waals surface area (Å²) in [6, 6.07) is 14.4. The van der Waals surface area contributed by atoms with Crippen molar-refractivity contribution in [1.29, 1.82) is 0 Å². The quantitative estimate of drug-likeness (QED) is 0.771. The minimum atomic E-state index is -0.275. The van der Waals surface area contributed by atoms with Crippen LogP contribution in [0.3, 0.4) is 0 Å². The van der Waals surface area contributed by atoms with Gasteiger partial charge in [-0.1, -0.05) is 31.2 Å². The summed E-state index contributed by atoms with van der Waals surface area (Å²) in [6.07, 6.45) is 0.905. The highest BCUT2D eigenvalue weighted by atomic mass is 16.5. The fourth-order valence-electron chi connectivity index (χ4n) is 1.84. The summed E-state index contributed by atoms with van der Waals surface area (Å²) in [5.74, 6) is 0.909. The first kappa shape index (κ1) is 15.7. The Labute approximate surface area is 130 Å². The van der Waals surface area contributed by atoms with E-state index in [9.17, 15) is 4.79 Å². The lowest BCUT2D eigenvalue weighted by atomic mass is 10.2. The van der Waals surface area contributed by atoms with Gasteiger partial charge in [-0.15, -0.1) is 0 Å². The van der Waals surface area contributed by atoms with Crippen molar-refractivity contribution in [2.24, 2.45) is 0 Å². The van der Waals surface area contributed by atoms with Gasteiger partial charge in [-0.3, -0.25) is 4.79 Å². The molecule has 0 atom stereocenters. The minimum absolute atomic E-state index is 0.110. The topological polar surface area (TPSA) is 73.6 Å². The molecule has 0 aliphatic carbocycles. The summed E-state index contributed by atoms with van der Waals surface area (Å²) in [5, 5.41) is 2.71. The molecule has 2 aromatic carbocycles. The summed E-state index contributed by atoms with van der Waals surface area (Å²) in [4.78, 5) is 11.9. The standard InChI is InChI=1S/C17H20N2O3/c1-2-11-21-15-9-5-6-10-16(15)22-12-17(20)19-14-8-4-3-7-13(14)18/h3-10H,2,11-12,18H2,1H3,(H,19,20). The Morgan fingerprint density at radius 3 is 2.36 bits per heavy atom. The third kappa shape index (κ3) is 4.41. The second-order valence-electron chi connectivity index (χ2n) is 4.72. The van der Waals surface area contributed by atoms with Gasteiger partial charge >= 0.3 is 0 Å². The number of anilines is 2. The van der Waals surface area contributed by atoms with E-state index in [0.29, 0.717) is 29.5 Å². The van der Waals surface area contributed by atoms with Crippen LogP contribution in [0.2, 0.25) is 0 Å². The molecule has 2 aromatic rings. The number of nitrogens with one attached hydrogen (secondary N) is 1. The summed E-state index contributed by atoms with van der Waals surface area (Å²) < 4.78 is 11.1. The fourth-order valence-corrected chi connectivity index (χ4v) is 1.84. The molecule has 0 saturated heterocycles. The van der Waals surface area contributed by atoms with Crippen molar-refractivity contribution < 1.29 is 14.3 Å². The molecule has 0 fully saturated rings. The summed E-state index contributed by atoms with van der Waals surface area (Å²) in [5.41, 5.74) is 6.87. The highest BCUT2D eigenvalue weighted by Crippen LogP contribution is 2.26. The number of nitrogens with two attached hydrogens (primary N) is 1.